The van der Waals surface area contributed by atoms with Crippen LogP contribution >= 0.6 is 0 Å². The standard InChI is InChI=1S/C21H16N2O/c1-11-8-17(22-10-12(11)2)14-5-7-18-20-15(14)4-6-16-21(20)19(24-18)9-13(3)23-16/h4-10H,1-3H3/i1D3,2D3,3D3. The number of nitrogens with zero attached hydrogens (tertiary/aromatic N) is 2. The molecule has 0 N–H and O–H groups in total. The maximum Gasteiger partial charge on any atom is 0.139 e. The molecular formula is C21H16N2O. The highest BCUT2D eigenvalue weighted by Crippen LogP contribution is 2.40. The maximum absolute atomic E-state index is 7.82. The van der Waals surface area contributed by atoms with E-state index in [-0.39, 0.29) is 16.8 Å². The maximum atomic E-state index is 7.82. The first-order valence-electron chi connectivity index (χ1n) is 11.9. The van der Waals surface area contributed by atoms with Gasteiger partial charge in [0, 0.05) is 41.2 Å². The van der Waals surface area contributed by atoms with Crippen LogP contribution in [0.5, 0.6) is 0 Å². The van der Waals surface area contributed by atoms with Crippen molar-refractivity contribution in [3.63, 3.8) is 0 Å². The smallest absolute Gasteiger partial charge is 0.139 e. The van der Waals surface area contributed by atoms with Crippen molar-refractivity contribution in [2.45, 2.75) is 20.6 Å². The topological polar surface area (TPSA) is 38.9 Å². The van der Waals surface area contributed by atoms with Crippen LogP contribution < -0.4 is 0 Å². The fraction of sp³-hybridized carbons (Fsp3) is 0.143. The van der Waals surface area contributed by atoms with Gasteiger partial charge in [0.1, 0.15) is 11.2 Å². The first-order chi connectivity index (χ1) is 15.2. The molecule has 0 aliphatic rings. The Bertz CT molecular complexity index is 1530. The number of hydrogen-bond acceptors (Lipinski definition) is 3. The van der Waals surface area contributed by atoms with Crippen molar-refractivity contribution in [2.75, 3.05) is 0 Å². The number of aromatic nitrogens is 2. The van der Waals surface area contributed by atoms with Crippen LogP contribution in [0.1, 0.15) is 29.2 Å². The second-order valence-electron chi connectivity index (χ2n) is 5.72. The van der Waals surface area contributed by atoms with Gasteiger partial charge in [-0.2, -0.15) is 0 Å². The number of aryl methyl sites for hydroxylation is 3. The van der Waals surface area contributed by atoms with Gasteiger partial charge in [0.25, 0.3) is 0 Å². The Labute approximate surface area is 151 Å². The van der Waals surface area contributed by atoms with Crippen molar-refractivity contribution in [3.05, 3.63) is 59.4 Å². The lowest BCUT2D eigenvalue weighted by molar-refractivity contribution is 0.668. The van der Waals surface area contributed by atoms with Crippen LogP contribution in [0.2, 0.25) is 0 Å². The number of hydrogen-bond donors (Lipinski definition) is 0. The number of furan rings is 1. The van der Waals surface area contributed by atoms with E-state index in [0.29, 0.717) is 44.1 Å². The summed E-state index contributed by atoms with van der Waals surface area (Å²) in [5, 5.41) is 2.07. The molecule has 3 nitrogen and oxygen atoms in total. The predicted molar refractivity (Wildman–Crippen MR) is 97.6 cm³/mol. The Morgan fingerprint density at radius 3 is 2.75 bits per heavy atom. The van der Waals surface area contributed by atoms with Crippen LogP contribution in [-0.2, 0) is 0 Å². The van der Waals surface area contributed by atoms with Crippen LogP contribution in [0.3, 0.4) is 0 Å². The molecule has 0 atom stereocenters. The highest BCUT2D eigenvalue weighted by Gasteiger charge is 2.17. The molecule has 2 aromatic carbocycles. The van der Waals surface area contributed by atoms with E-state index in [0.717, 1.165) is 6.20 Å². The van der Waals surface area contributed by atoms with Gasteiger partial charge in [-0.25, -0.2) is 0 Å². The third-order valence-electron chi connectivity index (χ3n) is 4.28. The van der Waals surface area contributed by atoms with Crippen LogP contribution in [0.4, 0.5) is 0 Å². The van der Waals surface area contributed by atoms with E-state index >= 15 is 0 Å². The van der Waals surface area contributed by atoms with Gasteiger partial charge in [0.05, 0.1) is 16.6 Å². The molecule has 3 heteroatoms. The van der Waals surface area contributed by atoms with Gasteiger partial charge in [0.2, 0.25) is 0 Å². The monoisotopic (exact) mass is 321 g/mol. The fourth-order valence-corrected chi connectivity index (χ4v) is 3.22. The van der Waals surface area contributed by atoms with E-state index in [1.807, 2.05) is 0 Å². The minimum atomic E-state index is -2.64. The third-order valence-corrected chi connectivity index (χ3v) is 4.28. The number of rotatable bonds is 1. The van der Waals surface area contributed by atoms with Gasteiger partial charge in [-0.05, 0) is 61.3 Å². The Hall–Kier alpha value is -2.94. The van der Waals surface area contributed by atoms with Gasteiger partial charge >= 0.3 is 0 Å². The second kappa shape index (κ2) is 4.54. The van der Waals surface area contributed by atoms with Crippen molar-refractivity contribution in [1.29, 1.82) is 0 Å². The quantitative estimate of drug-likeness (QED) is 0.379. The molecule has 5 aromatic rings. The molecular weight excluding hydrogens is 296 g/mol. The molecule has 116 valence electrons. The minimum Gasteiger partial charge on any atom is -0.456 e. The molecule has 0 saturated carbocycles. The molecule has 0 bridgehead atoms. The van der Waals surface area contributed by atoms with Crippen molar-refractivity contribution >= 4 is 32.8 Å². The fourth-order valence-electron chi connectivity index (χ4n) is 3.22. The van der Waals surface area contributed by atoms with Gasteiger partial charge in [-0.3, -0.25) is 9.97 Å². The van der Waals surface area contributed by atoms with E-state index < -0.39 is 20.6 Å². The van der Waals surface area contributed by atoms with Gasteiger partial charge in [-0.1, -0.05) is 6.07 Å². The summed E-state index contributed by atoms with van der Waals surface area (Å²) in [6.45, 7) is -7.64. The lowest BCUT2D eigenvalue weighted by Gasteiger charge is -2.09. The predicted octanol–water partition coefficient (Wildman–Crippen LogP) is 5.56. The average molecular weight is 321 g/mol. The van der Waals surface area contributed by atoms with Crippen LogP contribution in [-0.4, -0.2) is 9.97 Å². The molecule has 3 heterocycles. The summed E-state index contributed by atoms with van der Waals surface area (Å²) in [6.07, 6.45) is 1.09. The van der Waals surface area contributed by atoms with Gasteiger partial charge in [-0.15, -0.1) is 0 Å². The highest BCUT2D eigenvalue weighted by molar-refractivity contribution is 6.23. The van der Waals surface area contributed by atoms with Gasteiger partial charge in [0.15, 0.2) is 0 Å². The van der Waals surface area contributed by atoms with E-state index in [1.165, 1.54) is 12.1 Å². The molecule has 5 rings (SSSR count). The molecule has 0 aliphatic heterocycles. The first-order valence-corrected chi connectivity index (χ1v) is 7.35. The molecule has 24 heavy (non-hydrogen) atoms. The van der Waals surface area contributed by atoms with E-state index in [2.05, 4.69) is 9.97 Å². The van der Waals surface area contributed by atoms with E-state index in [9.17, 15) is 0 Å². The largest absolute Gasteiger partial charge is 0.456 e. The van der Waals surface area contributed by atoms with Crippen molar-refractivity contribution in [1.82, 2.24) is 9.97 Å². The minimum absolute atomic E-state index is 0.0679. The molecule has 0 radical (unpaired) electrons. The zero-order chi connectivity index (χ0) is 23.9. The molecule has 0 aliphatic carbocycles. The van der Waals surface area contributed by atoms with E-state index in [4.69, 9.17) is 16.8 Å². The average Bonchev–Trinajstić information content (AvgIpc) is 3.09. The summed E-state index contributed by atoms with van der Waals surface area (Å²) in [5.41, 5.74) is 1.62. The van der Waals surface area contributed by atoms with E-state index in [1.54, 1.807) is 24.3 Å². The SMILES string of the molecule is [2H]C([2H])([2H])c1cc2oc3ccc(-c4cc(C([2H])([2H])[2H])c(C([2H])([2H])[2H])cn4)c4ccc(n1)c2c34. The Morgan fingerprint density at radius 2 is 1.88 bits per heavy atom. The summed E-state index contributed by atoms with van der Waals surface area (Å²) in [7, 11) is 0. The first kappa shape index (κ1) is 7.31. The Balaban J connectivity index is 1.78. The molecule has 0 amide bonds. The van der Waals surface area contributed by atoms with Gasteiger partial charge < -0.3 is 4.42 Å². The Kier molecular flexibility index (Phi) is 1.38. The molecule has 0 fully saturated rings. The lowest BCUT2D eigenvalue weighted by atomic mass is 9.97. The van der Waals surface area contributed by atoms with Crippen molar-refractivity contribution < 1.29 is 16.8 Å². The molecule has 0 unspecified atom stereocenters. The lowest BCUT2D eigenvalue weighted by Crippen LogP contribution is -1.90. The summed E-state index contributed by atoms with van der Waals surface area (Å²) in [5.74, 6) is 0. The van der Waals surface area contributed by atoms with Crippen molar-refractivity contribution in [3.8, 4) is 11.3 Å². The normalized spacial score (nSPS) is 19.1. The zero-order valence-corrected chi connectivity index (χ0v) is 12.3. The summed E-state index contributed by atoms with van der Waals surface area (Å²) in [4.78, 5) is 8.56. The number of benzene rings is 2. The molecule has 0 spiro atoms. The zero-order valence-electron chi connectivity index (χ0n) is 21.3. The third kappa shape index (κ3) is 1.72. The highest BCUT2D eigenvalue weighted by atomic mass is 16.3. The second-order valence-corrected chi connectivity index (χ2v) is 5.72. The van der Waals surface area contributed by atoms with Crippen molar-refractivity contribution in [2.24, 2.45) is 0 Å². The van der Waals surface area contributed by atoms with Crippen LogP contribution in [0.15, 0.2) is 47.0 Å². The summed E-state index contributed by atoms with van der Waals surface area (Å²) >= 11 is 0. The molecule has 0 saturated heterocycles. The Morgan fingerprint density at radius 1 is 0.917 bits per heavy atom. The number of pyridine rings is 2. The molecule has 3 aromatic heterocycles. The van der Waals surface area contributed by atoms with Crippen LogP contribution in [0, 0.1) is 20.6 Å². The van der Waals surface area contributed by atoms with Crippen LogP contribution in [0.25, 0.3) is 44.1 Å². The summed E-state index contributed by atoms with van der Waals surface area (Å²) < 4.78 is 75.3. The summed E-state index contributed by atoms with van der Waals surface area (Å²) in [6, 6.07) is 9.54.